The molecule has 0 spiro atoms. The molecule has 146 valence electrons. The minimum atomic E-state index is 0.602. The molecule has 0 aliphatic rings. The maximum atomic E-state index is 5.69. The van der Waals surface area contributed by atoms with Crippen LogP contribution in [0.15, 0.2) is 78.0 Å². The normalized spacial score (nSPS) is 11.4. The summed E-state index contributed by atoms with van der Waals surface area (Å²) in [7, 11) is 1.76. The predicted molar refractivity (Wildman–Crippen MR) is 112 cm³/mol. The van der Waals surface area contributed by atoms with Crippen LogP contribution < -0.4 is 10.6 Å². The Morgan fingerprint density at radius 3 is 2.43 bits per heavy atom. The Morgan fingerprint density at radius 1 is 1.00 bits per heavy atom. The third kappa shape index (κ3) is 6.25. The van der Waals surface area contributed by atoms with Crippen molar-refractivity contribution in [1.82, 2.24) is 20.2 Å². The average molecular weight is 377 g/mol. The summed E-state index contributed by atoms with van der Waals surface area (Å²) in [6.07, 6.45) is 3.82. The molecule has 2 aromatic carbocycles. The van der Waals surface area contributed by atoms with E-state index in [1.165, 1.54) is 11.1 Å². The molecular weight excluding hydrogens is 350 g/mol. The molecule has 0 saturated heterocycles. The summed E-state index contributed by atoms with van der Waals surface area (Å²) in [5, 5.41) is 6.57. The largest absolute Gasteiger partial charge is 0.375 e. The lowest BCUT2D eigenvalue weighted by Gasteiger charge is -2.13. The summed E-state index contributed by atoms with van der Waals surface area (Å²) in [5.41, 5.74) is 2.43. The van der Waals surface area contributed by atoms with Crippen LogP contribution in [0.5, 0.6) is 0 Å². The first-order valence-corrected chi connectivity index (χ1v) is 9.45. The highest BCUT2D eigenvalue weighted by Gasteiger charge is 2.05. The van der Waals surface area contributed by atoms with Crippen molar-refractivity contribution in [2.45, 2.75) is 19.7 Å². The van der Waals surface area contributed by atoms with Crippen molar-refractivity contribution in [3.63, 3.8) is 0 Å². The van der Waals surface area contributed by atoms with Crippen molar-refractivity contribution in [2.24, 2.45) is 4.99 Å². The summed E-state index contributed by atoms with van der Waals surface area (Å²) in [6.45, 7) is 3.32. The Labute approximate surface area is 166 Å². The molecule has 3 aromatic rings. The number of imidazole rings is 1. The number of rotatable bonds is 9. The number of nitrogens with one attached hydrogen (secondary N) is 2. The van der Waals surface area contributed by atoms with Crippen LogP contribution in [0.3, 0.4) is 0 Å². The van der Waals surface area contributed by atoms with E-state index in [0.29, 0.717) is 26.3 Å². The van der Waals surface area contributed by atoms with Crippen molar-refractivity contribution >= 4 is 5.96 Å². The number of aliphatic imine (C=N–C) groups is 1. The summed E-state index contributed by atoms with van der Waals surface area (Å²) in [6, 6.07) is 20.5. The molecule has 3 rings (SSSR count). The molecule has 0 fully saturated rings. The van der Waals surface area contributed by atoms with Gasteiger partial charge in [0.15, 0.2) is 5.96 Å². The van der Waals surface area contributed by atoms with Gasteiger partial charge < -0.3 is 19.9 Å². The molecule has 1 aromatic heterocycles. The van der Waals surface area contributed by atoms with Gasteiger partial charge in [-0.2, -0.15) is 0 Å². The SMILES string of the molecule is CN=C(NCCOCc1ccccc1)NCc1nccn1Cc1ccccc1. The molecule has 0 bridgehead atoms. The van der Waals surface area contributed by atoms with Crippen molar-refractivity contribution in [2.75, 3.05) is 20.2 Å². The monoisotopic (exact) mass is 377 g/mol. The van der Waals surface area contributed by atoms with Crippen molar-refractivity contribution < 1.29 is 4.74 Å². The molecule has 0 aliphatic carbocycles. The first-order chi connectivity index (χ1) is 13.8. The lowest BCUT2D eigenvalue weighted by Crippen LogP contribution is -2.39. The third-order valence-corrected chi connectivity index (χ3v) is 4.29. The molecule has 28 heavy (non-hydrogen) atoms. The van der Waals surface area contributed by atoms with E-state index in [-0.39, 0.29) is 0 Å². The van der Waals surface area contributed by atoms with Gasteiger partial charge in [0, 0.05) is 32.5 Å². The molecule has 1 heterocycles. The van der Waals surface area contributed by atoms with Gasteiger partial charge in [0.25, 0.3) is 0 Å². The molecule has 0 aliphatic heterocycles. The Bertz CT molecular complexity index is 846. The minimum absolute atomic E-state index is 0.602. The van der Waals surface area contributed by atoms with Gasteiger partial charge in [-0.3, -0.25) is 4.99 Å². The fourth-order valence-electron chi connectivity index (χ4n) is 2.82. The molecule has 0 atom stereocenters. The van der Waals surface area contributed by atoms with E-state index in [1.807, 2.05) is 36.7 Å². The Kier molecular flexibility index (Phi) is 7.64. The summed E-state index contributed by atoms with van der Waals surface area (Å²) in [4.78, 5) is 8.71. The number of ether oxygens (including phenoxy) is 1. The van der Waals surface area contributed by atoms with Crippen LogP contribution in [0.1, 0.15) is 17.0 Å². The van der Waals surface area contributed by atoms with E-state index in [0.717, 1.165) is 18.3 Å². The second-order valence-corrected chi connectivity index (χ2v) is 6.35. The molecular formula is C22H27N5O. The second-order valence-electron chi connectivity index (χ2n) is 6.35. The quantitative estimate of drug-likeness (QED) is 0.342. The first-order valence-electron chi connectivity index (χ1n) is 9.45. The van der Waals surface area contributed by atoms with Gasteiger partial charge in [-0.05, 0) is 11.1 Å². The smallest absolute Gasteiger partial charge is 0.191 e. The summed E-state index contributed by atoms with van der Waals surface area (Å²) >= 11 is 0. The molecule has 6 heteroatoms. The van der Waals surface area contributed by atoms with E-state index < -0.39 is 0 Å². The minimum Gasteiger partial charge on any atom is -0.375 e. The van der Waals surface area contributed by atoms with E-state index in [1.54, 1.807) is 7.05 Å². The maximum absolute atomic E-state index is 5.69. The highest BCUT2D eigenvalue weighted by atomic mass is 16.5. The Morgan fingerprint density at radius 2 is 1.71 bits per heavy atom. The number of guanidine groups is 1. The third-order valence-electron chi connectivity index (χ3n) is 4.29. The predicted octanol–water partition coefficient (Wildman–Crippen LogP) is 2.81. The van der Waals surface area contributed by atoms with Crippen LogP contribution in [-0.4, -0.2) is 35.7 Å². The fraction of sp³-hybridized carbons (Fsp3) is 0.273. The van der Waals surface area contributed by atoms with Crippen LogP contribution in [0.2, 0.25) is 0 Å². The van der Waals surface area contributed by atoms with E-state index in [9.17, 15) is 0 Å². The zero-order chi connectivity index (χ0) is 19.4. The summed E-state index contributed by atoms with van der Waals surface area (Å²) in [5.74, 6) is 1.70. The Balaban J connectivity index is 1.39. The number of aromatic nitrogens is 2. The number of hydrogen-bond donors (Lipinski definition) is 2. The highest BCUT2D eigenvalue weighted by molar-refractivity contribution is 5.79. The first kappa shape index (κ1) is 19.6. The van der Waals surface area contributed by atoms with Gasteiger partial charge in [0.2, 0.25) is 0 Å². The number of benzene rings is 2. The molecule has 0 amide bonds. The topological polar surface area (TPSA) is 63.5 Å². The van der Waals surface area contributed by atoms with Crippen molar-refractivity contribution in [1.29, 1.82) is 0 Å². The molecule has 2 N–H and O–H groups in total. The number of nitrogens with zero attached hydrogens (tertiary/aromatic N) is 3. The number of hydrogen-bond acceptors (Lipinski definition) is 3. The standard InChI is InChI=1S/C22H27N5O/c1-23-22(25-13-15-28-18-20-10-6-3-7-11-20)26-16-21-24-12-14-27(21)17-19-8-4-2-5-9-19/h2-12,14H,13,15-18H2,1H3,(H2,23,25,26). The van der Waals surface area contributed by atoms with Gasteiger partial charge in [-0.15, -0.1) is 0 Å². The van der Waals surface area contributed by atoms with Crippen molar-refractivity contribution in [3.05, 3.63) is 90.0 Å². The van der Waals surface area contributed by atoms with Crippen LogP contribution in [-0.2, 0) is 24.4 Å². The molecule has 0 radical (unpaired) electrons. The summed E-state index contributed by atoms with van der Waals surface area (Å²) < 4.78 is 7.83. The van der Waals surface area contributed by atoms with Crippen molar-refractivity contribution in [3.8, 4) is 0 Å². The van der Waals surface area contributed by atoms with Crippen LogP contribution in [0.25, 0.3) is 0 Å². The zero-order valence-electron chi connectivity index (χ0n) is 16.2. The molecule has 6 nitrogen and oxygen atoms in total. The lowest BCUT2D eigenvalue weighted by atomic mass is 10.2. The molecule has 0 saturated carbocycles. The second kappa shape index (κ2) is 10.9. The van der Waals surface area contributed by atoms with Gasteiger partial charge in [0.1, 0.15) is 5.82 Å². The maximum Gasteiger partial charge on any atom is 0.191 e. The lowest BCUT2D eigenvalue weighted by molar-refractivity contribution is 0.125. The van der Waals surface area contributed by atoms with E-state index in [2.05, 4.69) is 61.6 Å². The van der Waals surface area contributed by atoms with Gasteiger partial charge >= 0.3 is 0 Å². The highest BCUT2D eigenvalue weighted by Crippen LogP contribution is 2.05. The van der Waals surface area contributed by atoms with Crippen LogP contribution in [0, 0.1) is 0 Å². The van der Waals surface area contributed by atoms with Gasteiger partial charge in [0.05, 0.1) is 19.8 Å². The van der Waals surface area contributed by atoms with Gasteiger partial charge in [-0.1, -0.05) is 60.7 Å². The van der Waals surface area contributed by atoms with E-state index >= 15 is 0 Å². The average Bonchev–Trinajstić information content (AvgIpc) is 3.18. The molecule has 0 unspecified atom stereocenters. The fourth-order valence-corrected chi connectivity index (χ4v) is 2.82. The zero-order valence-corrected chi connectivity index (χ0v) is 16.2. The van der Waals surface area contributed by atoms with Crippen LogP contribution in [0.4, 0.5) is 0 Å². The van der Waals surface area contributed by atoms with E-state index in [4.69, 9.17) is 4.74 Å². The van der Waals surface area contributed by atoms with Crippen LogP contribution >= 0.6 is 0 Å². The van der Waals surface area contributed by atoms with Gasteiger partial charge in [-0.25, -0.2) is 4.98 Å². The Hall–Kier alpha value is -3.12.